The lowest BCUT2D eigenvalue weighted by atomic mass is 9.98. The van der Waals surface area contributed by atoms with Gasteiger partial charge in [-0.25, -0.2) is 4.79 Å². The van der Waals surface area contributed by atoms with Gasteiger partial charge in [-0.2, -0.15) is 0 Å². The number of hydrogen-bond donors (Lipinski definition) is 2. The van der Waals surface area contributed by atoms with E-state index in [0.717, 1.165) is 17.5 Å². The number of alkyl carbamates (subject to hydrolysis) is 1. The van der Waals surface area contributed by atoms with E-state index < -0.39 is 35.6 Å². The number of nitrogens with zero attached hydrogens (tertiary/aromatic N) is 1. The van der Waals surface area contributed by atoms with Crippen molar-refractivity contribution in [3.63, 3.8) is 0 Å². The molecule has 0 saturated heterocycles. The van der Waals surface area contributed by atoms with Crippen molar-refractivity contribution in [2.24, 2.45) is 0 Å². The number of para-hydroxylation sites is 1. The molecule has 0 aromatic heterocycles. The third-order valence-corrected chi connectivity index (χ3v) is 6.44. The molecule has 2 aromatic carbocycles. The van der Waals surface area contributed by atoms with Gasteiger partial charge in [-0.3, -0.25) is 9.59 Å². The third kappa shape index (κ3) is 8.22. The number of aryl methyl sites for hydroxylation is 2. The monoisotopic (exact) mass is 529 g/mol. The molecule has 8 heteroatoms. The lowest BCUT2D eigenvalue weighted by molar-refractivity contribution is -0.143. The van der Waals surface area contributed by atoms with Gasteiger partial charge in [0.15, 0.2) is 0 Å². The van der Waals surface area contributed by atoms with Gasteiger partial charge in [0, 0.05) is 6.04 Å². The maximum absolute atomic E-state index is 13.9. The molecule has 0 saturated carbocycles. The van der Waals surface area contributed by atoms with Gasteiger partial charge in [0.05, 0.1) is 10.7 Å². The van der Waals surface area contributed by atoms with Crippen LogP contribution in [0.1, 0.15) is 77.6 Å². The topological polar surface area (TPSA) is 87.7 Å². The van der Waals surface area contributed by atoms with E-state index in [2.05, 4.69) is 17.6 Å². The standard InChI is InChI=1S/C29H40ClN3O4/c1-9-19(4)33(27(35)20(5)31-28(36)37-29(6,7)8)25(22-16-14-21(10-2)15-17-22)26(34)32-24-18(3)12-11-13-23(24)30/h11-17,19-20,25H,9-10H2,1-8H3,(H,31,36)(H,32,34). The van der Waals surface area contributed by atoms with Crippen molar-refractivity contribution in [3.8, 4) is 0 Å². The van der Waals surface area contributed by atoms with Gasteiger partial charge < -0.3 is 20.3 Å². The number of anilines is 1. The van der Waals surface area contributed by atoms with E-state index in [-0.39, 0.29) is 6.04 Å². The number of halogens is 1. The Bertz CT molecular complexity index is 1080. The molecular weight excluding hydrogens is 490 g/mol. The van der Waals surface area contributed by atoms with Crippen molar-refractivity contribution in [1.29, 1.82) is 0 Å². The molecule has 3 atom stereocenters. The molecule has 0 aliphatic carbocycles. The molecule has 0 spiro atoms. The second kappa shape index (κ2) is 13.0. The number of carbonyl (C=O) groups is 3. The summed E-state index contributed by atoms with van der Waals surface area (Å²) < 4.78 is 5.33. The molecule has 0 radical (unpaired) electrons. The number of ether oxygens (including phenoxy) is 1. The minimum absolute atomic E-state index is 0.302. The van der Waals surface area contributed by atoms with Crippen LogP contribution in [0.15, 0.2) is 42.5 Å². The van der Waals surface area contributed by atoms with E-state index in [1.807, 2.05) is 57.2 Å². The quantitative estimate of drug-likeness (QED) is 0.391. The molecule has 3 unspecified atom stereocenters. The first-order valence-corrected chi connectivity index (χ1v) is 13.1. The van der Waals surface area contributed by atoms with Crippen molar-refractivity contribution in [1.82, 2.24) is 10.2 Å². The van der Waals surface area contributed by atoms with Gasteiger partial charge in [0.1, 0.15) is 17.7 Å². The lowest BCUT2D eigenvalue weighted by Crippen LogP contribution is -2.53. The van der Waals surface area contributed by atoms with Gasteiger partial charge in [0.25, 0.3) is 5.91 Å². The Morgan fingerprint density at radius 1 is 1.03 bits per heavy atom. The second-order valence-corrected chi connectivity index (χ2v) is 10.7. The number of carbonyl (C=O) groups excluding carboxylic acids is 3. The SMILES string of the molecule is CCc1ccc(C(C(=O)Nc2c(C)cccc2Cl)N(C(=O)C(C)NC(=O)OC(C)(C)C)C(C)CC)cc1. The molecule has 2 rings (SSSR count). The first-order valence-electron chi connectivity index (χ1n) is 12.8. The molecule has 3 amide bonds. The van der Waals surface area contributed by atoms with Crippen molar-refractivity contribution in [3.05, 3.63) is 64.2 Å². The van der Waals surface area contributed by atoms with Crippen LogP contribution in [0.3, 0.4) is 0 Å². The van der Waals surface area contributed by atoms with Crippen LogP contribution in [0.4, 0.5) is 10.5 Å². The summed E-state index contributed by atoms with van der Waals surface area (Å²) in [6, 6.07) is 10.9. The van der Waals surface area contributed by atoms with Gasteiger partial charge in [-0.1, -0.05) is 61.8 Å². The number of amides is 3. The molecule has 2 N–H and O–H groups in total. The lowest BCUT2D eigenvalue weighted by Gasteiger charge is -2.37. The summed E-state index contributed by atoms with van der Waals surface area (Å²) in [6.45, 7) is 14.6. The zero-order valence-corrected chi connectivity index (χ0v) is 23.9. The van der Waals surface area contributed by atoms with Crippen LogP contribution in [0, 0.1) is 6.92 Å². The number of benzene rings is 2. The van der Waals surface area contributed by atoms with E-state index in [4.69, 9.17) is 16.3 Å². The van der Waals surface area contributed by atoms with Crippen molar-refractivity contribution < 1.29 is 19.1 Å². The Kier molecular flexibility index (Phi) is 10.6. The molecule has 0 aliphatic rings. The third-order valence-electron chi connectivity index (χ3n) is 6.12. The molecule has 0 fully saturated rings. The van der Waals surface area contributed by atoms with Crippen LogP contribution in [-0.4, -0.2) is 40.5 Å². The minimum Gasteiger partial charge on any atom is -0.444 e. The molecule has 202 valence electrons. The van der Waals surface area contributed by atoms with Gasteiger partial charge >= 0.3 is 6.09 Å². The second-order valence-electron chi connectivity index (χ2n) is 10.3. The molecule has 37 heavy (non-hydrogen) atoms. The van der Waals surface area contributed by atoms with Crippen LogP contribution < -0.4 is 10.6 Å². The van der Waals surface area contributed by atoms with Crippen molar-refractivity contribution in [2.45, 2.75) is 92.0 Å². The average Bonchev–Trinajstić information content (AvgIpc) is 2.82. The number of hydrogen-bond acceptors (Lipinski definition) is 4. The van der Waals surface area contributed by atoms with E-state index in [1.165, 1.54) is 0 Å². The van der Waals surface area contributed by atoms with E-state index in [0.29, 0.717) is 22.7 Å². The Balaban J connectivity index is 2.51. The maximum Gasteiger partial charge on any atom is 0.408 e. The summed E-state index contributed by atoms with van der Waals surface area (Å²) in [5.74, 6) is -0.783. The highest BCUT2D eigenvalue weighted by molar-refractivity contribution is 6.34. The average molecular weight is 530 g/mol. The van der Waals surface area contributed by atoms with E-state index >= 15 is 0 Å². The zero-order valence-electron chi connectivity index (χ0n) is 23.1. The maximum atomic E-state index is 13.9. The zero-order chi connectivity index (χ0) is 27.9. The number of nitrogens with one attached hydrogen (secondary N) is 2. The van der Waals surface area contributed by atoms with Crippen LogP contribution in [0.25, 0.3) is 0 Å². The highest BCUT2D eigenvalue weighted by atomic mass is 35.5. The largest absolute Gasteiger partial charge is 0.444 e. The molecule has 7 nitrogen and oxygen atoms in total. The Labute approximate surface area is 225 Å². The fourth-order valence-corrected chi connectivity index (χ4v) is 4.19. The first-order chi connectivity index (χ1) is 17.3. The Hall–Kier alpha value is -3.06. The smallest absolute Gasteiger partial charge is 0.408 e. The predicted molar refractivity (Wildman–Crippen MR) is 149 cm³/mol. The highest BCUT2D eigenvalue weighted by Gasteiger charge is 2.37. The fraction of sp³-hybridized carbons (Fsp3) is 0.483. The molecule has 0 heterocycles. The summed E-state index contributed by atoms with van der Waals surface area (Å²) >= 11 is 6.40. The summed E-state index contributed by atoms with van der Waals surface area (Å²) in [6.07, 6.45) is 0.755. The molecular formula is C29H40ClN3O4. The Morgan fingerprint density at radius 2 is 1.65 bits per heavy atom. The molecule has 0 aliphatic heterocycles. The number of rotatable bonds is 9. The van der Waals surface area contributed by atoms with Crippen molar-refractivity contribution >= 4 is 35.2 Å². The summed E-state index contributed by atoms with van der Waals surface area (Å²) in [7, 11) is 0. The van der Waals surface area contributed by atoms with Crippen LogP contribution in [0.2, 0.25) is 5.02 Å². The van der Waals surface area contributed by atoms with Crippen LogP contribution in [-0.2, 0) is 20.7 Å². The van der Waals surface area contributed by atoms with E-state index in [9.17, 15) is 14.4 Å². The molecule has 0 bridgehead atoms. The van der Waals surface area contributed by atoms with Crippen molar-refractivity contribution in [2.75, 3.05) is 5.32 Å². The van der Waals surface area contributed by atoms with Gasteiger partial charge in [-0.15, -0.1) is 0 Å². The first kappa shape index (κ1) is 30.2. The highest BCUT2D eigenvalue weighted by Crippen LogP contribution is 2.31. The van der Waals surface area contributed by atoms with Gasteiger partial charge in [-0.05, 0) is 77.1 Å². The normalized spacial score (nSPS) is 13.8. The van der Waals surface area contributed by atoms with E-state index in [1.54, 1.807) is 38.7 Å². The predicted octanol–water partition coefficient (Wildman–Crippen LogP) is 6.43. The minimum atomic E-state index is -0.952. The molecule has 2 aromatic rings. The summed E-state index contributed by atoms with van der Waals surface area (Å²) in [5.41, 5.74) is 2.38. The Morgan fingerprint density at radius 3 is 2.16 bits per heavy atom. The summed E-state index contributed by atoms with van der Waals surface area (Å²) in [4.78, 5) is 41.7. The summed E-state index contributed by atoms with van der Waals surface area (Å²) in [5, 5.41) is 5.99. The van der Waals surface area contributed by atoms with Gasteiger partial charge in [0.2, 0.25) is 5.91 Å². The van der Waals surface area contributed by atoms with Crippen LogP contribution >= 0.6 is 11.6 Å². The fourth-order valence-electron chi connectivity index (χ4n) is 3.92. The van der Waals surface area contributed by atoms with Crippen LogP contribution in [0.5, 0.6) is 0 Å².